The molecule has 3 aromatic heterocycles. The van der Waals surface area contributed by atoms with Crippen LogP contribution in [-0.4, -0.2) is 19.4 Å². The third kappa shape index (κ3) is 1.21. The predicted molar refractivity (Wildman–Crippen MR) is 67.2 cm³/mol. The van der Waals surface area contributed by atoms with Crippen LogP contribution >= 0.6 is 0 Å². The van der Waals surface area contributed by atoms with Gasteiger partial charge in [-0.1, -0.05) is 0 Å². The Balaban J connectivity index is 2.71. The van der Waals surface area contributed by atoms with Gasteiger partial charge in [-0.3, -0.25) is 4.40 Å². The lowest BCUT2D eigenvalue weighted by Gasteiger charge is -2.09. The van der Waals surface area contributed by atoms with Crippen molar-refractivity contribution < 1.29 is 0 Å². The van der Waals surface area contributed by atoms with E-state index in [1.807, 2.05) is 13.1 Å². The maximum Gasteiger partial charge on any atom is 0.149 e. The number of aryl methyl sites for hydroxylation is 4. The summed E-state index contributed by atoms with van der Waals surface area (Å²) in [5, 5.41) is 1.10. The van der Waals surface area contributed by atoms with Gasteiger partial charge in [-0.05, 0) is 38.8 Å². The topological polar surface area (TPSA) is 43.1 Å². The van der Waals surface area contributed by atoms with Crippen molar-refractivity contribution >= 4 is 16.7 Å². The summed E-state index contributed by atoms with van der Waals surface area (Å²) >= 11 is 0. The zero-order valence-corrected chi connectivity index (χ0v) is 10.4. The summed E-state index contributed by atoms with van der Waals surface area (Å²) < 4.78 is 2.12. The number of pyridine rings is 1. The van der Waals surface area contributed by atoms with Gasteiger partial charge in [-0.15, -0.1) is 0 Å². The molecule has 0 saturated heterocycles. The quantitative estimate of drug-likeness (QED) is 0.591. The molecule has 0 aliphatic carbocycles. The molecule has 0 saturated carbocycles. The average Bonchev–Trinajstić information content (AvgIpc) is 2.63. The number of fused-ring (bicyclic) bond motifs is 3. The van der Waals surface area contributed by atoms with Crippen molar-refractivity contribution in [3.05, 3.63) is 35.0 Å². The molecule has 4 nitrogen and oxygen atoms in total. The van der Waals surface area contributed by atoms with Gasteiger partial charge in [0.25, 0.3) is 0 Å². The number of nitrogens with zero attached hydrogens (tertiary/aromatic N) is 4. The monoisotopic (exact) mass is 226 g/mol. The SMILES string of the molecule is Cc1nc2c(C)c(C)c3cncnc3n2c1C. The van der Waals surface area contributed by atoms with Gasteiger partial charge in [0.05, 0.1) is 5.69 Å². The summed E-state index contributed by atoms with van der Waals surface area (Å²) in [7, 11) is 0. The number of rotatable bonds is 0. The second-order valence-electron chi connectivity index (χ2n) is 4.45. The van der Waals surface area contributed by atoms with Crippen LogP contribution in [0, 0.1) is 27.7 Å². The summed E-state index contributed by atoms with van der Waals surface area (Å²) in [6, 6.07) is 0. The predicted octanol–water partition coefficient (Wildman–Crippen LogP) is 2.51. The highest BCUT2D eigenvalue weighted by Crippen LogP contribution is 2.25. The second kappa shape index (κ2) is 3.26. The Labute approximate surface area is 99.3 Å². The second-order valence-corrected chi connectivity index (χ2v) is 4.45. The molecule has 86 valence electrons. The molecule has 3 heterocycles. The minimum Gasteiger partial charge on any atom is -0.280 e. The summed E-state index contributed by atoms with van der Waals surface area (Å²) in [6.07, 6.45) is 3.46. The van der Waals surface area contributed by atoms with E-state index in [1.54, 1.807) is 6.33 Å². The summed E-state index contributed by atoms with van der Waals surface area (Å²) in [5.74, 6) is 0. The maximum atomic E-state index is 4.63. The molecule has 0 N–H and O–H groups in total. The third-order valence-corrected chi connectivity index (χ3v) is 3.55. The van der Waals surface area contributed by atoms with Crippen molar-refractivity contribution in [1.29, 1.82) is 0 Å². The molecule has 0 spiro atoms. The van der Waals surface area contributed by atoms with E-state index >= 15 is 0 Å². The maximum absolute atomic E-state index is 4.63. The molecule has 0 atom stereocenters. The van der Waals surface area contributed by atoms with Gasteiger partial charge in [0.1, 0.15) is 17.6 Å². The van der Waals surface area contributed by atoms with Crippen LogP contribution in [0.15, 0.2) is 12.5 Å². The highest BCUT2D eigenvalue weighted by molar-refractivity contribution is 5.84. The van der Waals surface area contributed by atoms with E-state index in [9.17, 15) is 0 Å². The molecule has 3 aromatic rings. The fourth-order valence-electron chi connectivity index (χ4n) is 2.26. The van der Waals surface area contributed by atoms with Gasteiger partial charge in [0.15, 0.2) is 0 Å². The standard InChI is InChI=1S/C13H14N4/c1-7-8(2)12-16-9(3)10(4)17(12)13-11(7)5-14-6-15-13/h5-6H,1-4H3. The lowest BCUT2D eigenvalue weighted by molar-refractivity contribution is 1.07. The minimum absolute atomic E-state index is 0.941. The van der Waals surface area contributed by atoms with Crippen molar-refractivity contribution in [2.45, 2.75) is 27.7 Å². The fourth-order valence-corrected chi connectivity index (χ4v) is 2.26. The molecule has 0 aromatic carbocycles. The zero-order valence-electron chi connectivity index (χ0n) is 10.4. The van der Waals surface area contributed by atoms with Gasteiger partial charge < -0.3 is 0 Å². The van der Waals surface area contributed by atoms with E-state index in [-0.39, 0.29) is 0 Å². The Morgan fingerprint density at radius 1 is 1.00 bits per heavy atom. The third-order valence-electron chi connectivity index (χ3n) is 3.55. The zero-order chi connectivity index (χ0) is 12.2. The summed E-state index contributed by atoms with van der Waals surface area (Å²) in [5.41, 5.74) is 6.55. The van der Waals surface area contributed by atoms with Crippen LogP contribution < -0.4 is 0 Å². The first kappa shape index (κ1) is 10.2. The molecule has 4 heteroatoms. The highest BCUT2D eigenvalue weighted by Gasteiger charge is 2.14. The van der Waals surface area contributed by atoms with E-state index in [1.165, 1.54) is 11.1 Å². The lowest BCUT2D eigenvalue weighted by Crippen LogP contribution is -1.99. The van der Waals surface area contributed by atoms with Gasteiger partial charge in [0, 0.05) is 17.3 Å². The average molecular weight is 226 g/mol. The highest BCUT2D eigenvalue weighted by atomic mass is 15.1. The van der Waals surface area contributed by atoms with Crippen molar-refractivity contribution in [1.82, 2.24) is 19.4 Å². The molecule has 17 heavy (non-hydrogen) atoms. The van der Waals surface area contributed by atoms with E-state index < -0.39 is 0 Å². The molecule has 0 radical (unpaired) electrons. The Morgan fingerprint density at radius 3 is 2.53 bits per heavy atom. The molecular formula is C13H14N4. The van der Waals surface area contributed by atoms with Crippen LogP contribution in [0.4, 0.5) is 0 Å². The van der Waals surface area contributed by atoms with Crippen LogP contribution in [-0.2, 0) is 0 Å². The Kier molecular flexibility index (Phi) is 1.96. The first-order chi connectivity index (χ1) is 8.11. The normalized spacial score (nSPS) is 11.5. The summed E-state index contributed by atoms with van der Waals surface area (Å²) in [4.78, 5) is 13.1. The van der Waals surface area contributed by atoms with Crippen molar-refractivity contribution in [2.75, 3.05) is 0 Å². The van der Waals surface area contributed by atoms with E-state index in [4.69, 9.17) is 0 Å². The van der Waals surface area contributed by atoms with Gasteiger partial charge in [0.2, 0.25) is 0 Å². The van der Waals surface area contributed by atoms with Gasteiger partial charge >= 0.3 is 0 Å². The van der Waals surface area contributed by atoms with Gasteiger partial charge in [-0.25, -0.2) is 15.0 Å². The number of hydrogen-bond acceptors (Lipinski definition) is 3. The molecule has 3 rings (SSSR count). The first-order valence-electron chi connectivity index (χ1n) is 5.65. The van der Waals surface area contributed by atoms with Crippen LogP contribution in [0.2, 0.25) is 0 Å². The molecular weight excluding hydrogens is 212 g/mol. The van der Waals surface area contributed by atoms with Crippen molar-refractivity contribution in [3.8, 4) is 0 Å². The number of hydrogen-bond donors (Lipinski definition) is 0. The molecule has 0 unspecified atom stereocenters. The fraction of sp³-hybridized carbons (Fsp3) is 0.308. The molecule has 0 amide bonds. The van der Waals surface area contributed by atoms with E-state index in [0.717, 1.165) is 28.1 Å². The number of aromatic nitrogens is 4. The van der Waals surface area contributed by atoms with Crippen molar-refractivity contribution in [2.24, 2.45) is 0 Å². The molecule has 0 fully saturated rings. The molecule has 0 bridgehead atoms. The van der Waals surface area contributed by atoms with Gasteiger partial charge in [-0.2, -0.15) is 0 Å². The smallest absolute Gasteiger partial charge is 0.149 e. The van der Waals surface area contributed by atoms with Crippen LogP contribution in [0.5, 0.6) is 0 Å². The van der Waals surface area contributed by atoms with Crippen LogP contribution in [0.25, 0.3) is 16.7 Å². The van der Waals surface area contributed by atoms with Crippen LogP contribution in [0.1, 0.15) is 22.5 Å². The first-order valence-corrected chi connectivity index (χ1v) is 5.65. The van der Waals surface area contributed by atoms with Crippen molar-refractivity contribution in [3.63, 3.8) is 0 Å². The Bertz CT molecular complexity index is 740. The lowest BCUT2D eigenvalue weighted by atomic mass is 10.1. The summed E-state index contributed by atoms with van der Waals surface area (Å²) in [6.45, 7) is 8.30. The minimum atomic E-state index is 0.941. The largest absolute Gasteiger partial charge is 0.280 e. The molecule has 0 aliphatic heterocycles. The van der Waals surface area contributed by atoms with E-state index in [2.05, 4.69) is 40.1 Å². The Hall–Kier alpha value is -1.97. The molecule has 0 aliphatic rings. The Morgan fingerprint density at radius 2 is 1.76 bits per heavy atom. The number of imidazole rings is 1. The van der Waals surface area contributed by atoms with Crippen LogP contribution in [0.3, 0.4) is 0 Å². The van der Waals surface area contributed by atoms with E-state index in [0.29, 0.717) is 0 Å².